The molecule has 0 saturated heterocycles. The molecule has 0 saturated carbocycles. The molecular formula is C19H21ClN2O4. The fourth-order valence-corrected chi connectivity index (χ4v) is 2.46. The summed E-state index contributed by atoms with van der Waals surface area (Å²) in [5.41, 5.74) is 1.87. The number of carbonyl (C=O) groups excluding carboxylic acids is 1. The first-order valence-electron chi connectivity index (χ1n) is 8.24. The Balaban J connectivity index is 1.83. The topological polar surface area (TPSA) is 87.7 Å². The Morgan fingerprint density at radius 3 is 2.42 bits per heavy atom. The Morgan fingerprint density at radius 2 is 1.69 bits per heavy atom. The van der Waals surface area contributed by atoms with Crippen LogP contribution in [0.15, 0.2) is 48.5 Å². The predicted octanol–water partition coefficient (Wildman–Crippen LogP) is 3.58. The molecule has 2 aromatic carbocycles. The number of rotatable bonds is 9. The summed E-state index contributed by atoms with van der Waals surface area (Å²) >= 11 is 6.09. The first-order chi connectivity index (χ1) is 12.6. The number of carboxylic acid groups (broad SMARTS) is 1. The molecule has 6 nitrogen and oxygen atoms in total. The van der Waals surface area contributed by atoms with Crippen LogP contribution in [0, 0.1) is 0 Å². The lowest BCUT2D eigenvalue weighted by Gasteiger charge is -2.13. The molecule has 0 fully saturated rings. The Hall–Kier alpha value is -2.73. The van der Waals surface area contributed by atoms with Gasteiger partial charge in [-0.2, -0.15) is 0 Å². The number of carboxylic acids is 1. The van der Waals surface area contributed by atoms with E-state index in [1.54, 1.807) is 12.1 Å². The van der Waals surface area contributed by atoms with E-state index < -0.39 is 5.97 Å². The molecule has 0 unspecified atom stereocenters. The lowest BCUT2D eigenvalue weighted by molar-refractivity contribution is -0.137. The van der Waals surface area contributed by atoms with Gasteiger partial charge in [0.15, 0.2) is 0 Å². The summed E-state index contributed by atoms with van der Waals surface area (Å²) in [6.45, 7) is 0.990. The second-order valence-corrected chi connectivity index (χ2v) is 6.00. The summed E-state index contributed by atoms with van der Waals surface area (Å²) in [5.74, 6) is -0.271. The molecule has 2 aromatic rings. The van der Waals surface area contributed by atoms with Crippen LogP contribution in [-0.4, -0.2) is 23.7 Å². The van der Waals surface area contributed by atoms with Gasteiger partial charge in [-0.25, -0.2) is 4.79 Å². The van der Waals surface area contributed by atoms with E-state index in [0.717, 1.165) is 11.1 Å². The van der Waals surface area contributed by atoms with Gasteiger partial charge >= 0.3 is 12.0 Å². The fraction of sp³-hybridized carbons (Fsp3) is 0.263. The second-order valence-electron chi connectivity index (χ2n) is 5.59. The average Bonchev–Trinajstić information content (AvgIpc) is 2.63. The van der Waals surface area contributed by atoms with Crippen LogP contribution in [0.4, 0.5) is 4.79 Å². The number of ether oxygens (including phenoxy) is 1. The largest absolute Gasteiger partial charge is 0.487 e. The number of halogens is 1. The van der Waals surface area contributed by atoms with Crippen molar-refractivity contribution >= 4 is 23.6 Å². The van der Waals surface area contributed by atoms with Gasteiger partial charge in [0.05, 0.1) is 5.02 Å². The van der Waals surface area contributed by atoms with Crippen molar-refractivity contribution in [2.75, 3.05) is 6.54 Å². The van der Waals surface area contributed by atoms with E-state index in [0.29, 0.717) is 36.9 Å². The number of nitrogens with one attached hydrogen (secondary N) is 2. The Morgan fingerprint density at radius 1 is 1.00 bits per heavy atom. The van der Waals surface area contributed by atoms with Crippen LogP contribution in [0.2, 0.25) is 5.02 Å². The zero-order valence-corrected chi connectivity index (χ0v) is 15.0. The van der Waals surface area contributed by atoms with Crippen molar-refractivity contribution in [1.82, 2.24) is 10.6 Å². The van der Waals surface area contributed by atoms with E-state index in [4.69, 9.17) is 21.4 Å². The highest BCUT2D eigenvalue weighted by Crippen LogP contribution is 2.24. The third-order valence-corrected chi connectivity index (χ3v) is 3.94. The zero-order chi connectivity index (χ0) is 18.8. The molecule has 26 heavy (non-hydrogen) atoms. The van der Waals surface area contributed by atoms with Crippen LogP contribution < -0.4 is 15.4 Å². The van der Waals surface area contributed by atoms with Crippen molar-refractivity contribution in [3.63, 3.8) is 0 Å². The number of carbonyl (C=O) groups is 2. The number of amides is 2. The van der Waals surface area contributed by atoms with Crippen molar-refractivity contribution in [2.24, 2.45) is 0 Å². The molecule has 0 heterocycles. The summed E-state index contributed by atoms with van der Waals surface area (Å²) in [6, 6.07) is 14.5. The SMILES string of the molecule is O=C(O)CCCNC(=O)NCc1ccccc1COc1ccccc1Cl. The van der Waals surface area contributed by atoms with Crippen molar-refractivity contribution in [1.29, 1.82) is 0 Å². The van der Waals surface area contributed by atoms with Crippen LogP contribution in [0.1, 0.15) is 24.0 Å². The molecule has 0 spiro atoms. The molecule has 0 aliphatic heterocycles. The molecule has 0 aliphatic rings. The number of aliphatic carboxylic acids is 1. The number of hydrogen-bond donors (Lipinski definition) is 3. The van der Waals surface area contributed by atoms with Gasteiger partial charge in [0.1, 0.15) is 12.4 Å². The minimum absolute atomic E-state index is 0.0303. The standard InChI is InChI=1S/C19H21ClN2O4/c20-16-8-3-4-9-17(16)26-13-15-7-2-1-6-14(15)12-22-19(25)21-11-5-10-18(23)24/h1-4,6-9H,5,10-13H2,(H,23,24)(H2,21,22,25). The van der Waals surface area contributed by atoms with Crippen molar-refractivity contribution in [3.05, 3.63) is 64.7 Å². The second kappa shape index (κ2) is 10.3. The highest BCUT2D eigenvalue weighted by Gasteiger charge is 2.07. The van der Waals surface area contributed by atoms with Crippen molar-refractivity contribution in [2.45, 2.75) is 26.0 Å². The number of para-hydroxylation sites is 1. The van der Waals surface area contributed by atoms with Crippen LogP contribution in [0.5, 0.6) is 5.75 Å². The zero-order valence-electron chi connectivity index (χ0n) is 14.2. The molecule has 0 bridgehead atoms. The van der Waals surface area contributed by atoms with Crippen LogP contribution in [-0.2, 0) is 17.9 Å². The van der Waals surface area contributed by atoms with E-state index in [-0.39, 0.29) is 12.5 Å². The first-order valence-corrected chi connectivity index (χ1v) is 8.61. The summed E-state index contributed by atoms with van der Waals surface area (Å²) in [5, 5.41) is 14.5. The third-order valence-electron chi connectivity index (χ3n) is 3.63. The minimum atomic E-state index is -0.875. The maximum absolute atomic E-state index is 11.8. The van der Waals surface area contributed by atoms with Crippen LogP contribution >= 0.6 is 11.6 Å². The summed E-state index contributed by atoms with van der Waals surface area (Å²) in [4.78, 5) is 22.2. The third kappa shape index (κ3) is 6.64. The van der Waals surface area contributed by atoms with E-state index in [9.17, 15) is 9.59 Å². The van der Waals surface area contributed by atoms with Gasteiger partial charge in [0, 0.05) is 19.5 Å². The molecule has 138 valence electrons. The van der Waals surface area contributed by atoms with Crippen LogP contribution in [0.3, 0.4) is 0 Å². The van der Waals surface area contributed by atoms with Gasteiger partial charge in [-0.1, -0.05) is 48.0 Å². The first kappa shape index (κ1) is 19.6. The quantitative estimate of drug-likeness (QED) is 0.584. The van der Waals surface area contributed by atoms with Gasteiger partial charge in [-0.05, 0) is 29.7 Å². The molecule has 3 N–H and O–H groups in total. The summed E-state index contributed by atoms with van der Waals surface area (Å²) in [6.07, 6.45) is 0.424. The summed E-state index contributed by atoms with van der Waals surface area (Å²) < 4.78 is 5.76. The fourth-order valence-electron chi connectivity index (χ4n) is 2.27. The van der Waals surface area contributed by atoms with E-state index in [1.165, 1.54) is 0 Å². The molecular weight excluding hydrogens is 356 g/mol. The normalized spacial score (nSPS) is 10.2. The average molecular weight is 377 g/mol. The molecule has 2 amide bonds. The van der Waals surface area contributed by atoms with Gasteiger partial charge in [0.2, 0.25) is 0 Å². The highest BCUT2D eigenvalue weighted by atomic mass is 35.5. The maximum atomic E-state index is 11.8. The molecule has 0 aromatic heterocycles. The lowest BCUT2D eigenvalue weighted by atomic mass is 10.1. The van der Waals surface area contributed by atoms with Gasteiger partial charge in [-0.3, -0.25) is 4.79 Å². The smallest absolute Gasteiger partial charge is 0.315 e. The van der Waals surface area contributed by atoms with Gasteiger partial charge < -0.3 is 20.5 Å². The Kier molecular flexibility index (Phi) is 7.76. The monoisotopic (exact) mass is 376 g/mol. The highest BCUT2D eigenvalue weighted by molar-refractivity contribution is 6.32. The van der Waals surface area contributed by atoms with E-state index >= 15 is 0 Å². The Labute approximate surface area is 157 Å². The van der Waals surface area contributed by atoms with Gasteiger partial charge in [0.25, 0.3) is 0 Å². The van der Waals surface area contributed by atoms with Gasteiger partial charge in [-0.15, -0.1) is 0 Å². The molecule has 0 atom stereocenters. The molecule has 0 radical (unpaired) electrons. The minimum Gasteiger partial charge on any atom is -0.487 e. The number of hydrogen-bond acceptors (Lipinski definition) is 3. The van der Waals surface area contributed by atoms with E-state index in [2.05, 4.69) is 10.6 Å². The van der Waals surface area contributed by atoms with Crippen LogP contribution in [0.25, 0.3) is 0 Å². The van der Waals surface area contributed by atoms with Crippen molar-refractivity contribution in [3.8, 4) is 5.75 Å². The number of urea groups is 1. The Bertz CT molecular complexity index is 752. The molecule has 0 aliphatic carbocycles. The molecule has 7 heteroatoms. The summed E-state index contributed by atoms with van der Waals surface area (Å²) in [7, 11) is 0. The number of benzene rings is 2. The lowest BCUT2D eigenvalue weighted by Crippen LogP contribution is -2.35. The van der Waals surface area contributed by atoms with E-state index in [1.807, 2.05) is 36.4 Å². The molecule has 2 rings (SSSR count). The maximum Gasteiger partial charge on any atom is 0.315 e. The van der Waals surface area contributed by atoms with Crippen molar-refractivity contribution < 1.29 is 19.4 Å². The predicted molar refractivity (Wildman–Crippen MR) is 99.3 cm³/mol.